The number of rotatable bonds is 7. The summed E-state index contributed by atoms with van der Waals surface area (Å²) >= 11 is 0. The molecule has 0 aliphatic carbocycles. The lowest BCUT2D eigenvalue weighted by atomic mass is 10.1. The zero-order valence-electron chi connectivity index (χ0n) is 15.1. The highest BCUT2D eigenvalue weighted by Crippen LogP contribution is 2.19. The Kier molecular flexibility index (Phi) is 6.37. The molecule has 0 amide bonds. The van der Waals surface area contributed by atoms with Crippen molar-refractivity contribution in [2.24, 2.45) is 0 Å². The summed E-state index contributed by atoms with van der Waals surface area (Å²) in [5, 5.41) is 12.9. The van der Waals surface area contributed by atoms with Crippen LogP contribution in [0.5, 0.6) is 11.5 Å². The van der Waals surface area contributed by atoms with Crippen LogP contribution in [0.4, 0.5) is 5.69 Å². The number of ketones is 1. The molecular formula is C19H19NO7. The monoisotopic (exact) mass is 373 g/mol. The van der Waals surface area contributed by atoms with E-state index < -0.39 is 34.5 Å². The van der Waals surface area contributed by atoms with Crippen LogP contribution < -0.4 is 15.7 Å². The minimum absolute atomic E-state index is 0.0724. The highest BCUT2D eigenvalue weighted by molar-refractivity contribution is 6.07. The van der Waals surface area contributed by atoms with Crippen LogP contribution in [-0.2, 0) is 4.74 Å². The van der Waals surface area contributed by atoms with Gasteiger partial charge in [0, 0.05) is 23.5 Å². The zero-order chi connectivity index (χ0) is 20.0. The average molecular weight is 373 g/mol. The Bertz CT molecular complexity index is 926. The predicted octanol–water partition coefficient (Wildman–Crippen LogP) is 2.73. The molecule has 1 heterocycles. The van der Waals surface area contributed by atoms with Gasteiger partial charge in [0.1, 0.15) is 17.1 Å². The van der Waals surface area contributed by atoms with Gasteiger partial charge in [0.25, 0.3) is 0 Å². The maximum atomic E-state index is 12.3. The van der Waals surface area contributed by atoms with Crippen molar-refractivity contribution < 1.29 is 28.6 Å². The maximum Gasteiger partial charge on any atom is 0.374 e. The molecule has 0 saturated carbocycles. The van der Waals surface area contributed by atoms with E-state index in [2.05, 4.69) is 10.1 Å². The fraction of sp³-hybridized carbons (Fsp3) is 0.211. The third-order valence-corrected chi connectivity index (χ3v) is 3.43. The number of aromatic hydroxyl groups is 1. The molecule has 0 spiro atoms. The molecule has 0 radical (unpaired) electrons. The summed E-state index contributed by atoms with van der Waals surface area (Å²) in [7, 11) is 1.55. The van der Waals surface area contributed by atoms with Gasteiger partial charge in [-0.1, -0.05) is 0 Å². The van der Waals surface area contributed by atoms with Gasteiger partial charge in [-0.25, -0.2) is 9.59 Å². The van der Waals surface area contributed by atoms with E-state index in [-0.39, 0.29) is 6.61 Å². The maximum absolute atomic E-state index is 12.3. The number of hydrogen-bond acceptors (Lipinski definition) is 8. The summed E-state index contributed by atoms with van der Waals surface area (Å²) in [6.45, 7) is 3.27. The van der Waals surface area contributed by atoms with Crippen molar-refractivity contribution in [1.29, 1.82) is 0 Å². The summed E-state index contributed by atoms with van der Waals surface area (Å²) in [6.07, 6.45) is 1.14. The number of benzene rings is 1. The van der Waals surface area contributed by atoms with Gasteiger partial charge in [-0.15, -0.1) is 0 Å². The van der Waals surface area contributed by atoms with E-state index in [4.69, 9.17) is 9.15 Å². The van der Waals surface area contributed by atoms with E-state index in [1.165, 1.54) is 0 Å². The first-order valence-electron chi connectivity index (χ1n) is 8.03. The first-order chi connectivity index (χ1) is 12.8. The minimum Gasteiger partial charge on any atom is -0.507 e. The van der Waals surface area contributed by atoms with Crippen LogP contribution in [0, 0.1) is 0 Å². The summed E-state index contributed by atoms with van der Waals surface area (Å²) in [6, 6.07) is 7.87. The van der Waals surface area contributed by atoms with E-state index in [0.717, 1.165) is 12.1 Å². The first kappa shape index (κ1) is 19.8. The lowest BCUT2D eigenvalue weighted by molar-refractivity contribution is 0.0482. The summed E-state index contributed by atoms with van der Waals surface area (Å²) in [5.74, 6) is -2.13. The third kappa shape index (κ3) is 4.97. The van der Waals surface area contributed by atoms with Crippen LogP contribution >= 0.6 is 0 Å². The van der Waals surface area contributed by atoms with Gasteiger partial charge >= 0.3 is 11.6 Å². The number of ether oxygens (including phenoxy) is 2. The van der Waals surface area contributed by atoms with Crippen molar-refractivity contribution in [3.05, 3.63) is 63.8 Å². The van der Waals surface area contributed by atoms with E-state index >= 15 is 0 Å². The van der Waals surface area contributed by atoms with Crippen molar-refractivity contribution in [3.63, 3.8) is 0 Å². The minimum atomic E-state index is -1.13. The van der Waals surface area contributed by atoms with Crippen molar-refractivity contribution >= 4 is 17.4 Å². The molecule has 8 heteroatoms. The van der Waals surface area contributed by atoms with Gasteiger partial charge in [-0.2, -0.15) is 0 Å². The van der Waals surface area contributed by atoms with Crippen molar-refractivity contribution in [2.75, 3.05) is 19.0 Å². The van der Waals surface area contributed by atoms with E-state index in [9.17, 15) is 19.5 Å². The molecule has 0 atom stereocenters. The van der Waals surface area contributed by atoms with Crippen LogP contribution in [0.3, 0.4) is 0 Å². The van der Waals surface area contributed by atoms with Crippen LogP contribution in [0.2, 0.25) is 0 Å². The van der Waals surface area contributed by atoms with Crippen LogP contribution in [-0.4, -0.2) is 30.6 Å². The highest BCUT2D eigenvalue weighted by atomic mass is 16.5. The number of carbonyl (C=O) groups excluding carboxylic acids is 2. The number of hydrogen-bond donors (Lipinski definition) is 2. The molecule has 2 N–H and O–H groups in total. The molecule has 0 bridgehead atoms. The third-order valence-electron chi connectivity index (χ3n) is 3.43. The second-order valence-corrected chi connectivity index (χ2v) is 5.42. The summed E-state index contributed by atoms with van der Waals surface area (Å²) in [5.41, 5.74) is -0.569. The number of allylic oxidation sites excluding steroid dienone is 2. The number of carbonyl (C=O) groups is 2. The normalized spacial score (nSPS) is 11.0. The number of esters is 1. The molecule has 0 fully saturated rings. The average Bonchev–Trinajstić information content (AvgIpc) is 2.61. The van der Waals surface area contributed by atoms with E-state index in [1.54, 1.807) is 45.2 Å². The Morgan fingerprint density at radius 2 is 1.93 bits per heavy atom. The van der Waals surface area contributed by atoms with Gasteiger partial charge in [0.2, 0.25) is 5.76 Å². The van der Waals surface area contributed by atoms with Gasteiger partial charge in [0.05, 0.1) is 13.7 Å². The fourth-order valence-corrected chi connectivity index (χ4v) is 2.22. The number of anilines is 1. The Morgan fingerprint density at radius 1 is 1.26 bits per heavy atom. The Balaban J connectivity index is 2.21. The number of methoxy groups -OCH3 is 1. The SMILES string of the molecule is CCOC(=O)c1cc(O)c(C(=O)/C=C(\C)Nc2ccc(OC)cc2)c(=O)o1. The van der Waals surface area contributed by atoms with Crippen LogP contribution in [0.25, 0.3) is 0 Å². The first-order valence-corrected chi connectivity index (χ1v) is 8.03. The van der Waals surface area contributed by atoms with Crippen LogP contribution in [0.15, 0.2) is 51.3 Å². The molecule has 142 valence electrons. The number of nitrogens with one attached hydrogen (secondary N) is 1. The molecule has 2 aromatic rings. The lowest BCUT2D eigenvalue weighted by Gasteiger charge is -2.08. The largest absolute Gasteiger partial charge is 0.507 e. The Morgan fingerprint density at radius 3 is 2.48 bits per heavy atom. The molecule has 8 nitrogen and oxygen atoms in total. The van der Waals surface area contributed by atoms with Gasteiger partial charge < -0.3 is 24.3 Å². The summed E-state index contributed by atoms with van der Waals surface area (Å²) < 4.78 is 14.5. The molecular weight excluding hydrogens is 354 g/mol. The second kappa shape index (κ2) is 8.70. The topological polar surface area (TPSA) is 115 Å². The predicted molar refractivity (Wildman–Crippen MR) is 97.3 cm³/mol. The second-order valence-electron chi connectivity index (χ2n) is 5.42. The van der Waals surface area contributed by atoms with Crippen molar-refractivity contribution in [3.8, 4) is 11.5 Å². The highest BCUT2D eigenvalue weighted by Gasteiger charge is 2.21. The standard InChI is InChI=1S/C19H19NO7/c1-4-26-18(23)16-10-15(22)17(19(24)27-16)14(21)9-11(2)20-12-5-7-13(25-3)8-6-12/h5-10,20,22H,4H2,1-3H3/b11-9+. The Hall–Kier alpha value is -3.55. The molecule has 0 aliphatic heterocycles. The van der Waals surface area contributed by atoms with Crippen LogP contribution in [0.1, 0.15) is 34.8 Å². The smallest absolute Gasteiger partial charge is 0.374 e. The Labute approximate surface area is 155 Å². The van der Waals surface area contributed by atoms with Gasteiger partial charge in [0.15, 0.2) is 5.78 Å². The van der Waals surface area contributed by atoms with Gasteiger partial charge in [-0.05, 0) is 38.1 Å². The van der Waals surface area contributed by atoms with E-state index in [0.29, 0.717) is 17.1 Å². The molecule has 0 unspecified atom stereocenters. The molecule has 2 rings (SSSR count). The molecule has 1 aromatic heterocycles. The van der Waals surface area contributed by atoms with Crippen molar-refractivity contribution in [1.82, 2.24) is 0 Å². The van der Waals surface area contributed by atoms with Crippen molar-refractivity contribution in [2.45, 2.75) is 13.8 Å². The molecule has 0 aliphatic rings. The van der Waals surface area contributed by atoms with E-state index in [1.807, 2.05) is 0 Å². The lowest BCUT2D eigenvalue weighted by Crippen LogP contribution is -2.17. The molecule has 0 saturated heterocycles. The molecule has 27 heavy (non-hydrogen) atoms. The van der Waals surface area contributed by atoms with Gasteiger partial charge in [-0.3, -0.25) is 4.79 Å². The fourth-order valence-electron chi connectivity index (χ4n) is 2.22. The molecule has 1 aromatic carbocycles. The summed E-state index contributed by atoms with van der Waals surface area (Å²) in [4.78, 5) is 35.9. The zero-order valence-corrected chi connectivity index (χ0v) is 15.1. The quantitative estimate of drug-likeness (QED) is 0.432.